The van der Waals surface area contributed by atoms with Crippen molar-refractivity contribution < 1.29 is 14.3 Å². The average molecular weight is 474 g/mol. The minimum absolute atomic E-state index is 0.0494. The number of amides is 2. The highest BCUT2D eigenvalue weighted by Crippen LogP contribution is 2.15. The van der Waals surface area contributed by atoms with Gasteiger partial charge < -0.3 is 15.4 Å². The number of anilines is 2. The van der Waals surface area contributed by atoms with Gasteiger partial charge in [0, 0.05) is 23.9 Å². The Morgan fingerprint density at radius 1 is 0.882 bits per heavy atom. The molecule has 7 heteroatoms. The van der Waals surface area contributed by atoms with Gasteiger partial charge in [0.15, 0.2) is 5.11 Å². The SMILES string of the molecule is CCOc1ccc(/C=C/C(=O)NC(=S)Nc2ccc(NC(=O)CCc3ccccc3)cc2)cc1. The van der Waals surface area contributed by atoms with Crippen LogP contribution in [0.15, 0.2) is 84.9 Å². The lowest BCUT2D eigenvalue weighted by Crippen LogP contribution is -2.32. The van der Waals surface area contributed by atoms with Gasteiger partial charge in [-0.3, -0.25) is 14.9 Å². The number of nitrogens with one attached hydrogen (secondary N) is 3. The van der Waals surface area contributed by atoms with Crippen LogP contribution in [-0.4, -0.2) is 23.5 Å². The number of aryl methyl sites for hydroxylation is 1. The fourth-order valence-electron chi connectivity index (χ4n) is 3.09. The Bertz CT molecular complexity index is 1130. The Labute approximate surface area is 205 Å². The smallest absolute Gasteiger partial charge is 0.250 e. The molecule has 2 amide bonds. The number of rotatable bonds is 9. The third-order valence-corrected chi connectivity index (χ3v) is 4.97. The van der Waals surface area contributed by atoms with Crippen LogP contribution in [0.2, 0.25) is 0 Å². The van der Waals surface area contributed by atoms with Crippen LogP contribution in [0.1, 0.15) is 24.5 Å². The van der Waals surface area contributed by atoms with Crippen LogP contribution < -0.4 is 20.7 Å². The van der Waals surface area contributed by atoms with Crippen molar-refractivity contribution in [2.75, 3.05) is 17.2 Å². The van der Waals surface area contributed by atoms with Crippen LogP contribution in [0.3, 0.4) is 0 Å². The summed E-state index contributed by atoms with van der Waals surface area (Å²) in [6.07, 6.45) is 4.21. The second-order valence-electron chi connectivity index (χ2n) is 7.39. The maximum atomic E-state index is 12.2. The molecular weight excluding hydrogens is 446 g/mol. The van der Waals surface area contributed by atoms with Crippen molar-refractivity contribution in [2.24, 2.45) is 0 Å². The van der Waals surface area contributed by atoms with E-state index in [-0.39, 0.29) is 16.9 Å². The molecule has 0 radical (unpaired) electrons. The third-order valence-electron chi connectivity index (χ3n) is 4.77. The largest absolute Gasteiger partial charge is 0.494 e. The Morgan fingerprint density at radius 2 is 1.53 bits per heavy atom. The van der Waals surface area contributed by atoms with Crippen LogP contribution in [-0.2, 0) is 16.0 Å². The Hall–Kier alpha value is -3.97. The molecule has 6 nitrogen and oxygen atoms in total. The van der Waals surface area contributed by atoms with Gasteiger partial charge >= 0.3 is 0 Å². The quantitative estimate of drug-likeness (QED) is 0.295. The zero-order valence-electron chi connectivity index (χ0n) is 18.9. The first kappa shape index (κ1) is 24.7. The van der Waals surface area contributed by atoms with Gasteiger partial charge in [0.2, 0.25) is 11.8 Å². The molecule has 0 atom stereocenters. The van der Waals surface area contributed by atoms with Gasteiger partial charge in [-0.25, -0.2) is 0 Å². The first-order chi connectivity index (χ1) is 16.5. The molecule has 0 fully saturated rings. The van der Waals surface area contributed by atoms with Gasteiger partial charge in [0.05, 0.1) is 6.61 Å². The highest BCUT2D eigenvalue weighted by molar-refractivity contribution is 7.80. The van der Waals surface area contributed by atoms with Crippen molar-refractivity contribution >= 4 is 46.6 Å². The summed E-state index contributed by atoms with van der Waals surface area (Å²) in [6, 6.07) is 24.4. The summed E-state index contributed by atoms with van der Waals surface area (Å²) >= 11 is 5.21. The van der Waals surface area contributed by atoms with Gasteiger partial charge in [-0.2, -0.15) is 0 Å². The van der Waals surface area contributed by atoms with Crippen molar-refractivity contribution in [1.82, 2.24) is 5.32 Å². The van der Waals surface area contributed by atoms with Gasteiger partial charge in [-0.1, -0.05) is 42.5 Å². The van der Waals surface area contributed by atoms with E-state index in [0.29, 0.717) is 30.8 Å². The van der Waals surface area contributed by atoms with Crippen LogP contribution in [0.5, 0.6) is 5.75 Å². The van der Waals surface area contributed by atoms with Gasteiger partial charge in [-0.15, -0.1) is 0 Å². The summed E-state index contributed by atoms with van der Waals surface area (Å²) in [4.78, 5) is 24.3. The number of ether oxygens (including phenoxy) is 1. The lowest BCUT2D eigenvalue weighted by molar-refractivity contribution is -0.116. The molecule has 0 saturated carbocycles. The molecule has 3 aromatic carbocycles. The molecule has 34 heavy (non-hydrogen) atoms. The van der Waals surface area contributed by atoms with E-state index in [1.807, 2.05) is 61.5 Å². The Morgan fingerprint density at radius 3 is 2.18 bits per heavy atom. The lowest BCUT2D eigenvalue weighted by atomic mass is 10.1. The van der Waals surface area contributed by atoms with Crippen molar-refractivity contribution in [2.45, 2.75) is 19.8 Å². The van der Waals surface area contributed by atoms with E-state index >= 15 is 0 Å². The fraction of sp³-hybridized carbons (Fsp3) is 0.148. The molecule has 0 aliphatic heterocycles. The third kappa shape index (κ3) is 8.52. The molecule has 174 valence electrons. The van der Waals surface area contributed by atoms with Crippen molar-refractivity contribution in [3.8, 4) is 5.75 Å². The number of hydrogen-bond donors (Lipinski definition) is 3. The zero-order valence-corrected chi connectivity index (χ0v) is 19.7. The van der Waals surface area contributed by atoms with Gasteiger partial charge in [0.25, 0.3) is 0 Å². The first-order valence-electron chi connectivity index (χ1n) is 11.0. The molecule has 0 spiro atoms. The molecule has 0 saturated heterocycles. The summed E-state index contributed by atoms with van der Waals surface area (Å²) < 4.78 is 5.40. The summed E-state index contributed by atoms with van der Waals surface area (Å²) in [6.45, 7) is 2.53. The number of thiocarbonyl (C=S) groups is 1. The second-order valence-corrected chi connectivity index (χ2v) is 7.80. The number of benzene rings is 3. The lowest BCUT2D eigenvalue weighted by Gasteiger charge is -2.10. The van der Waals surface area contributed by atoms with E-state index in [2.05, 4.69) is 16.0 Å². The van der Waals surface area contributed by atoms with Crippen LogP contribution >= 0.6 is 12.2 Å². The average Bonchev–Trinajstić information content (AvgIpc) is 2.84. The summed E-state index contributed by atoms with van der Waals surface area (Å²) in [5, 5.41) is 8.63. The normalized spacial score (nSPS) is 10.5. The standard InChI is InChI=1S/C27H27N3O3S/c1-2-33-24-16-8-21(9-17-24)11-19-26(32)30-27(34)29-23-14-12-22(13-15-23)28-25(31)18-10-20-6-4-3-5-7-20/h3-9,11-17,19H,2,10,18H2,1H3,(H,28,31)(H2,29,30,32,34)/b19-11+. The second kappa shape index (κ2) is 12.9. The van der Waals surface area contributed by atoms with Crippen molar-refractivity contribution in [3.63, 3.8) is 0 Å². The topological polar surface area (TPSA) is 79.5 Å². The van der Waals surface area contributed by atoms with Crippen LogP contribution in [0.4, 0.5) is 11.4 Å². The Kier molecular flexibility index (Phi) is 9.37. The highest BCUT2D eigenvalue weighted by Gasteiger charge is 2.05. The predicted octanol–water partition coefficient (Wildman–Crippen LogP) is 5.18. The molecule has 0 heterocycles. The molecule has 3 N–H and O–H groups in total. The van der Waals surface area contributed by atoms with Crippen LogP contribution in [0, 0.1) is 0 Å². The van der Waals surface area contributed by atoms with Crippen LogP contribution in [0.25, 0.3) is 6.08 Å². The monoisotopic (exact) mass is 473 g/mol. The molecule has 0 aromatic heterocycles. The van der Waals surface area contributed by atoms with E-state index in [4.69, 9.17) is 17.0 Å². The fourth-order valence-corrected chi connectivity index (χ4v) is 3.31. The Balaban J connectivity index is 1.42. The van der Waals surface area contributed by atoms with Crippen molar-refractivity contribution in [1.29, 1.82) is 0 Å². The van der Waals surface area contributed by atoms with E-state index in [9.17, 15) is 9.59 Å². The molecule has 0 bridgehead atoms. The maximum absolute atomic E-state index is 12.2. The molecular formula is C27H27N3O3S. The maximum Gasteiger partial charge on any atom is 0.250 e. The highest BCUT2D eigenvalue weighted by atomic mass is 32.1. The van der Waals surface area contributed by atoms with Gasteiger partial charge in [-0.05, 0) is 79.2 Å². The number of carbonyl (C=O) groups is 2. The van der Waals surface area contributed by atoms with Gasteiger partial charge in [0.1, 0.15) is 5.75 Å². The predicted molar refractivity (Wildman–Crippen MR) is 141 cm³/mol. The summed E-state index contributed by atoms with van der Waals surface area (Å²) in [7, 11) is 0. The summed E-state index contributed by atoms with van der Waals surface area (Å²) in [5.74, 6) is 0.396. The molecule has 0 aliphatic carbocycles. The first-order valence-corrected chi connectivity index (χ1v) is 11.4. The van der Waals surface area contributed by atoms with Crippen molar-refractivity contribution in [3.05, 3.63) is 96.1 Å². The minimum atomic E-state index is -0.339. The molecule has 3 rings (SSSR count). The molecule has 3 aromatic rings. The zero-order chi connectivity index (χ0) is 24.2. The van der Waals surface area contributed by atoms with E-state index in [0.717, 1.165) is 16.9 Å². The summed E-state index contributed by atoms with van der Waals surface area (Å²) in [5.41, 5.74) is 3.39. The number of carbonyl (C=O) groups excluding carboxylic acids is 2. The molecule has 0 unspecified atom stereocenters. The minimum Gasteiger partial charge on any atom is -0.494 e. The van der Waals surface area contributed by atoms with E-state index in [1.165, 1.54) is 6.08 Å². The number of hydrogen-bond acceptors (Lipinski definition) is 4. The van der Waals surface area contributed by atoms with E-state index < -0.39 is 0 Å². The van der Waals surface area contributed by atoms with E-state index in [1.54, 1.807) is 30.3 Å². The molecule has 0 aliphatic rings.